The number of aryl methyl sites for hydroxylation is 1. The van der Waals surface area contributed by atoms with Gasteiger partial charge in [0.2, 0.25) is 5.69 Å². The highest BCUT2D eigenvalue weighted by Gasteiger charge is 2.36. The van der Waals surface area contributed by atoms with Gasteiger partial charge >= 0.3 is 6.09 Å². The first-order valence-electron chi connectivity index (χ1n) is 13.5. The van der Waals surface area contributed by atoms with E-state index in [-0.39, 0.29) is 12.1 Å². The predicted octanol–water partition coefficient (Wildman–Crippen LogP) is 5.73. The van der Waals surface area contributed by atoms with Crippen molar-refractivity contribution in [3.63, 3.8) is 0 Å². The van der Waals surface area contributed by atoms with Gasteiger partial charge in [0.15, 0.2) is 12.0 Å². The molecule has 9 nitrogen and oxygen atoms in total. The Kier molecular flexibility index (Phi) is 7.65. The van der Waals surface area contributed by atoms with Crippen molar-refractivity contribution < 1.29 is 23.4 Å². The number of halogens is 1. The minimum atomic E-state index is -0.663. The Labute approximate surface area is 242 Å². The molecule has 4 heterocycles. The number of rotatable bonds is 5. The minimum Gasteiger partial charge on any atom is -0.444 e. The summed E-state index contributed by atoms with van der Waals surface area (Å²) in [5.74, 6) is -0.754. The van der Waals surface area contributed by atoms with Crippen molar-refractivity contribution in [2.45, 2.75) is 52.2 Å². The number of ether oxygens (including phenoxy) is 1. The van der Waals surface area contributed by atoms with Gasteiger partial charge in [-0.2, -0.15) is 4.68 Å². The molecule has 1 saturated heterocycles. The summed E-state index contributed by atoms with van der Waals surface area (Å²) in [6.45, 7) is 12.2. The van der Waals surface area contributed by atoms with Gasteiger partial charge in [-0.15, -0.1) is 11.3 Å². The van der Waals surface area contributed by atoms with Gasteiger partial charge in [0.05, 0.1) is 16.3 Å². The minimum absolute atomic E-state index is 0.0847. The number of amides is 2. The normalized spacial score (nSPS) is 15.7. The van der Waals surface area contributed by atoms with Gasteiger partial charge in [-0.25, -0.2) is 14.2 Å². The van der Waals surface area contributed by atoms with Crippen LogP contribution < -0.4 is 9.58 Å². The summed E-state index contributed by atoms with van der Waals surface area (Å²) in [4.78, 5) is 35.1. The number of anilines is 1. The Balaban J connectivity index is 1.57. The van der Waals surface area contributed by atoms with Crippen LogP contribution in [0.3, 0.4) is 0 Å². The van der Waals surface area contributed by atoms with E-state index >= 15 is 4.39 Å². The highest BCUT2D eigenvalue weighted by Crippen LogP contribution is 2.38. The molecule has 1 fully saturated rings. The van der Waals surface area contributed by atoms with Crippen molar-refractivity contribution in [3.05, 3.63) is 65.6 Å². The molecule has 1 atom stereocenters. The molecule has 0 aliphatic carbocycles. The van der Waals surface area contributed by atoms with E-state index < -0.39 is 29.5 Å². The van der Waals surface area contributed by atoms with E-state index in [1.165, 1.54) is 23.5 Å². The number of pyridine rings is 1. The van der Waals surface area contributed by atoms with Crippen LogP contribution in [0.1, 0.15) is 56.5 Å². The molecule has 0 saturated carbocycles. The van der Waals surface area contributed by atoms with Crippen LogP contribution in [0.25, 0.3) is 26.9 Å². The third-order valence-corrected chi connectivity index (χ3v) is 7.92. The second kappa shape index (κ2) is 11.0. The number of aromatic amines is 1. The lowest BCUT2D eigenvalue weighted by Crippen LogP contribution is -2.53. The topological polar surface area (TPSA) is 95.3 Å². The molecule has 0 radical (unpaired) electrons. The fraction of sp³-hybridized carbons (Fsp3) is 0.367. The highest BCUT2D eigenvalue weighted by molar-refractivity contribution is 7.18. The Hall–Kier alpha value is -4.12. The van der Waals surface area contributed by atoms with Gasteiger partial charge in [-0.3, -0.25) is 9.69 Å². The van der Waals surface area contributed by atoms with E-state index in [1.807, 2.05) is 39.1 Å². The molecule has 5 rings (SSSR count). The number of likely N-dealkylation sites (tertiary alicyclic amines) is 1. The number of H-pyrrole nitrogens is 1. The SMILES string of the molecule is C=C(C)c1csc2c(N(C(=O)c3ccc(-c4c[n+](C)[nH]n4)cc3F)[C@@H]3CCCN(C(=O)OC(C)(C)C)C3)nccc12. The molecular formula is C30H34FN6O3S+. The van der Waals surface area contributed by atoms with Crippen LogP contribution in [-0.4, -0.2) is 56.9 Å². The van der Waals surface area contributed by atoms with Crippen LogP contribution in [0, 0.1) is 5.82 Å². The molecule has 41 heavy (non-hydrogen) atoms. The van der Waals surface area contributed by atoms with Gasteiger partial charge in [0.25, 0.3) is 5.91 Å². The smallest absolute Gasteiger partial charge is 0.410 e. The average Bonchev–Trinajstić information content (AvgIpc) is 3.55. The largest absolute Gasteiger partial charge is 0.444 e. The van der Waals surface area contributed by atoms with Crippen molar-refractivity contribution in [3.8, 4) is 11.3 Å². The Morgan fingerprint density at radius 1 is 1.27 bits per heavy atom. The second-order valence-corrected chi connectivity index (χ2v) is 12.2. The zero-order valence-electron chi connectivity index (χ0n) is 23.9. The Morgan fingerprint density at radius 2 is 2.05 bits per heavy atom. The van der Waals surface area contributed by atoms with Crippen molar-refractivity contribution in [1.29, 1.82) is 0 Å². The molecule has 0 spiro atoms. The lowest BCUT2D eigenvalue weighted by molar-refractivity contribution is -0.730. The number of nitrogens with one attached hydrogen (secondary N) is 1. The molecule has 2 amide bonds. The van der Waals surface area contributed by atoms with Gasteiger partial charge in [-0.1, -0.05) is 11.8 Å². The number of fused-ring (bicyclic) bond motifs is 1. The maximum absolute atomic E-state index is 15.6. The first-order valence-corrected chi connectivity index (χ1v) is 14.4. The summed E-state index contributed by atoms with van der Waals surface area (Å²) in [6, 6.07) is 5.93. The number of nitrogens with zero attached hydrogens (tertiary/aromatic N) is 5. The van der Waals surface area contributed by atoms with Crippen molar-refractivity contribution >= 4 is 44.8 Å². The number of carbonyl (C=O) groups is 2. The van der Waals surface area contributed by atoms with Crippen LogP contribution in [-0.2, 0) is 11.8 Å². The fourth-order valence-corrected chi connectivity index (χ4v) is 6.16. The van der Waals surface area contributed by atoms with E-state index in [9.17, 15) is 9.59 Å². The third kappa shape index (κ3) is 5.85. The van der Waals surface area contributed by atoms with Crippen LogP contribution in [0.2, 0.25) is 0 Å². The summed E-state index contributed by atoms with van der Waals surface area (Å²) in [6.07, 6.45) is 4.22. The van der Waals surface area contributed by atoms with Gasteiger partial charge in [0.1, 0.15) is 18.5 Å². The van der Waals surface area contributed by atoms with E-state index in [0.717, 1.165) is 21.2 Å². The van der Waals surface area contributed by atoms with E-state index in [4.69, 9.17) is 4.74 Å². The van der Waals surface area contributed by atoms with Crippen molar-refractivity contribution in [1.82, 2.24) is 20.2 Å². The predicted molar refractivity (Wildman–Crippen MR) is 157 cm³/mol. The number of piperidine rings is 1. The molecule has 1 aromatic carbocycles. The quantitative estimate of drug-likeness (QED) is 0.306. The van der Waals surface area contributed by atoms with Crippen LogP contribution in [0.5, 0.6) is 0 Å². The highest BCUT2D eigenvalue weighted by atomic mass is 32.1. The first-order chi connectivity index (χ1) is 19.4. The molecule has 1 N–H and O–H groups in total. The van der Waals surface area contributed by atoms with E-state index in [1.54, 1.807) is 40.0 Å². The lowest BCUT2D eigenvalue weighted by atomic mass is 10.0. The lowest BCUT2D eigenvalue weighted by Gasteiger charge is -2.39. The summed E-state index contributed by atoms with van der Waals surface area (Å²) >= 11 is 1.46. The zero-order chi connectivity index (χ0) is 29.5. The first kappa shape index (κ1) is 28.4. The van der Waals surface area contributed by atoms with Crippen molar-refractivity contribution in [2.75, 3.05) is 18.0 Å². The number of benzene rings is 1. The second-order valence-electron chi connectivity index (χ2n) is 11.4. The molecule has 4 aromatic rings. The molecule has 1 aliphatic rings. The number of carbonyl (C=O) groups excluding carboxylic acids is 2. The molecule has 0 unspecified atom stereocenters. The fourth-order valence-electron chi connectivity index (χ4n) is 5.03. The Morgan fingerprint density at radius 3 is 2.71 bits per heavy atom. The molecule has 3 aromatic heterocycles. The van der Waals surface area contributed by atoms with E-state index in [0.29, 0.717) is 36.5 Å². The van der Waals surface area contributed by atoms with Crippen molar-refractivity contribution in [2.24, 2.45) is 7.05 Å². The summed E-state index contributed by atoms with van der Waals surface area (Å²) in [7, 11) is 1.78. The molecular weight excluding hydrogens is 543 g/mol. The van der Waals surface area contributed by atoms with Crippen LogP contribution in [0.15, 0.2) is 48.6 Å². The summed E-state index contributed by atoms with van der Waals surface area (Å²) in [5.41, 5.74) is 2.23. The molecule has 0 bridgehead atoms. The summed E-state index contributed by atoms with van der Waals surface area (Å²) in [5, 5.41) is 9.86. The van der Waals surface area contributed by atoms with Crippen LogP contribution >= 0.6 is 11.3 Å². The van der Waals surface area contributed by atoms with Crippen LogP contribution in [0.4, 0.5) is 15.0 Å². The number of hydrogen-bond acceptors (Lipinski definition) is 6. The number of hydrogen-bond donors (Lipinski definition) is 1. The monoisotopic (exact) mass is 577 g/mol. The van der Waals surface area contributed by atoms with Gasteiger partial charge < -0.3 is 9.64 Å². The van der Waals surface area contributed by atoms with Gasteiger partial charge in [-0.05, 0) is 81.3 Å². The van der Waals surface area contributed by atoms with Gasteiger partial charge in [0, 0.05) is 35.3 Å². The molecule has 11 heteroatoms. The molecule has 214 valence electrons. The third-order valence-electron chi connectivity index (χ3n) is 6.93. The average molecular weight is 578 g/mol. The zero-order valence-corrected chi connectivity index (χ0v) is 24.7. The number of allylic oxidation sites excluding steroid dienone is 1. The number of thiophene rings is 1. The standard InChI is InChI=1S/C30H33FN6O3S/c1-18(2)23-17-41-26-21(23)11-12-32-27(26)37(20-8-7-13-36(15-20)29(39)40-30(3,4)5)28(38)22-10-9-19(14-24(22)31)25-16-35(6)34-33-25/h9-12,14,16-17,20H,1,7-8,13,15H2,2-6H3/p+1/t20-/m1/s1. The molecule has 1 aliphatic heterocycles. The van der Waals surface area contributed by atoms with E-state index in [2.05, 4.69) is 21.9 Å². The summed E-state index contributed by atoms with van der Waals surface area (Å²) < 4.78 is 23.7. The maximum atomic E-state index is 15.6. The maximum Gasteiger partial charge on any atom is 0.410 e. The number of aromatic nitrogens is 4. The Bertz CT molecular complexity index is 1640.